The topological polar surface area (TPSA) is 49.4 Å². The van der Waals surface area contributed by atoms with Crippen molar-refractivity contribution < 1.29 is 8.42 Å². The summed E-state index contributed by atoms with van der Waals surface area (Å²) in [4.78, 5) is 2.54. The van der Waals surface area contributed by atoms with Gasteiger partial charge < -0.3 is 5.32 Å². The molecule has 1 N–H and O–H groups in total. The molecule has 1 unspecified atom stereocenters. The molecule has 1 heterocycles. The number of nitrogens with zero attached hydrogens (tertiary/aromatic N) is 1. The van der Waals surface area contributed by atoms with Gasteiger partial charge in [0.25, 0.3) is 0 Å². The van der Waals surface area contributed by atoms with E-state index in [0.29, 0.717) is 4.90 Å². The van der Waals surface area contributed by atoms with Gasteiger partial charge in [0.15, 0.2) is 9.84 Å². The van der Waals surface area contributed by atoms with Crippen LogP contribution >= 0.6 is 0 Å². The van der Waals surface area contributed by atoms with E-state index in [4.69, 9.17) is 0 Å². The summed E-state index contributed by atoms with van der Waals surface area (Å²) in [6.07, 6.45) is 0. The summed E-state index contributed by atoms with van der Waals surface area (Å²) in [5.74, 6) is 0.180. The van der Waals surface area contributed by atoms with Crippen LogP contribution in [-0.2, 0) is 9.84 Å². The van der Waals surface area contributed by atoms with Crippen LogP contribution in [0.25, 0.3) is 0 Å². The fourth-order valence-electron chi connectivity index (χ4n) is 2.14. The lowest BCUT2D eigenvalue weighted by atomic mass is 10.2. The molecule has 18 heavy (non-hydrogen) atoms. The molecular weight excluding hydrogens is 248 g/mol. The van der Waals surface area contributed by atoms with Gasteiger partial charge in [0.05, 0.1) is 10.6 Å². The Bertz CT molecular complexity index is 496. The largest absolute Gasteiger partial charge is 0.314 e. The molecular formula is C13H20N2O2S. The third-order valence-corrected chi connectivity index (χ3v) is 5.25. The summed E-state index contributed by atoms with van der Waals surface area (Å²) in [6.45, 7) is 4.52. The molecule has 0 aliphatic carbocycles. The van der Waals surface area contributed by atoms with Crippen LogP contribution in [0.1, 0.15) is 5.56 Å². The van der Waals surface area contributed by atoms with E-state index in [1.807, 2.05) is 26.1 Å². The summed E-state index contributed by atoms with van der Waals surface area (Å²) in [7, 11) is -1.21. The molecule has 0 spiro atoms. The lowest BCUT2D eigenvalue weighted by molar-refractivity contribution is 0.216. The number of sulfone groups is 1. The highest BCUT2D eigenvalue weighted by Gasteiger charge is 2.25. The van der Waals surface area contributed by atoms with E-state index in [1.54, 1.807) is 12.1 Å². The van der Waals surface area contributed by atoms with E-state index in [0.717, 1.165) is 25.2 Å². The van der Waals surface area contributed by atoms with E-state index >= 15 is 0 Å². The Labute approximate surface area is 109 Å². The summed E-state index contributed by atoms with van der Waals surface area (Å²) < 4.78 is 24.6. The van der Waals surface area contributed by atoms with Crippen molar-refractivity contribution in [3.05, 3.63) is 29.8 Å². The molecule has 0 saturated carbocycles. The number of likely N-dealkylation sites (N-methyl/N-ethyl adjacent to an activating group) is 1. The fraction of sp³-hybridized carbons (Fsp3) is 0.538. The molecule has 0 aromatic heterocycles. The quantitative estimate of drug-likeness (QED) is 0.875. The van der Waals surface area contributed by atoms with Crippen molar-refractivity contribution in [3.63, 3.8) is 0 Å². The second-order valence-electron chi connectivity index (χ2n) is 4.93. The van der Waals surface area contributed by atoms with Crippen molar-refractivity contribution >= 4 is 9.84 Å². The molecule has 100 valence electrons. The minimum atomic E-state index is -3.19. The Morgan fingerprint density at radius 3 is 2.61 bits per heavy atom. The molecule has 5 heteroatoms. The first-order valence-electron chi connectivity index (χ1n) is 6.19. The van der Waals surface area contributed by atoms with Gasteiger partial charge in [-0.25, -0.2) is 8.42 Å². The summed E-state index contributed by atoms with van der Waals surface area (Å²) >= 11 is 0. The molecule has 1 atom stereocenters. The normalized spacial score (nSPS) is 22.0. The van der Waals surface area contributed by atoms with Crippen LogP contribution < -0.4 is 5.32 Å². The standard InChI is InChI=1S/C13H20N2O2S/c1-11-3-5-13(6-4-11)18(16,17)10-12-9-14-7-8-15(12)2/h3-6,12,14H,7-10H2,1-2H3. The summed E-state index contributed by atoms with van der Waals surface area (Å²) in [5.41, 5.74) is 1.07. The highest BCUT2D eigenvalue weighted by Crippen LogP contribution is 2.15. The molecule has 1 fully saturated rings. The number of aryl methyl sites for hydroxylation is 1. The Balaban J connectivity index is 2.13. The predicted molar refractivity (Wildman–Crippen MR) is 72.5 cm³/mol. The Hall–Kier alpha value is -0.910. The van der Waals surface area contributed by atoms with Crippen LogP contribution in [0, 0.1) is 6.92 Å². The summed E-state index contributed by atoms with van der Waals surface area (Å²) in [6, 6.07) is 7.14. The SMILES string of the molecule is Cc1ccc(S(=O)(=O)CC2CNCCN2C)cc1. The van der Waals surface area contributed by atoms with Gasteiger partial charge in [-0.2, -0.15) is 0 Å². The fourth-order valence-corrected chi connectivity index (χ4v) is 3.77. The minimum Gasteiger partial charge on any atom is -0.314 e. The molecule has 0 amide bonds. The van der Waals surface area contributed by atoms with E-state index in [-0.39, 0.29) is 11.8 Å². The maximum Gasteiger partial charge on any atom is 0.179 e. The predicted octanol–water partition coefficient (Wildman–Crippen LogP) is 0.672. The smallest absolute Gasteiger partial charge is 0.179 e. The van der Waals surface area contributed by atoms with Crippen molar-refractivity contribution in [1.82, 2.24) is 10.2 Å². The highest BCUT2D eigenvalue weighted by atomic mass is 32.2. The molecule has 1 saturated heterocycles. The number of piperazine rings is 1. The van der Waals surface area contributed by atoms with Crippen molar-refractivity contribution in [2.45, 2.75) is 17.9 Å². The highest BCUT2D eigenvalue weighted by molar-refractivity contribution is 7.91. The van der Waals surface area contributed by atoms with Gasteiger partial charge in [-0.3, -0.25) is 4.90 Å². The molecule has 0 bridgehead atoms. The minimum absolute atomic E-state index is 0.0602. The summed E-state index contributed by atoms with van der Waals surface area (Å²) in [5, 5.41) is 3.24. The van der Waals surface area contributed by atoms with Crippen molar-refractivity contribution in [1.29, 1.82) is 0 Å². The molecule has 1 aliphatic heterocycles. The van der Waals surface area contributed by atoms with E-state index in [9.17, 15) is 8.42 Å². The lowest BCUT2D eigenvalue weighted by Gasteiger charge is -2.32. The van der Waals surface area contributed by atoms with Crippen LogP contribution in [0.3, 0.4) is 0 Å². The first-order chi connectivity index (χ1) is 8.49. The molecule has 4 nitrogen and oxygen atoms in total. The van der Waals surface area contributed by atoms with E-state index in [2.05, 4.69) is 10.2 Å². The van der Waals surface area contributed by atoms with Crippen molar-refractivity contribution in [2.24, 2.45) is 0 Å². The number of rotatable bonds is 3. The zero-order chi connectivity index (χ0) is 13.2. The van der Waals surface area contributed by atoms with Crippen molar-refractivity contribution in [2.75, 3.05) is 32.4 Å². The zero-order valence-electron chi connectivity index (χ0n) is 10.9. The second kappa shape index (κ2) is 5.38. The van der Waals surface area contributed by atoms with Gasteiger partial charge in [-0.05, 0) is 26.1 Å². The monoisotopic (exact) mass is 268 g/mol. The molecule has 1 aliphatic rings. The zero-order valence-corrected chi connectivity index (χ0v) is 11.7. The van der Waals surface area contributed by atoms with Gasteiger partial charge in [0, 0.05) is 25.7 Å². The third kappa shape index (κ3) is 3.10. The van der Waals surface area contributed by atoms with Crippen LogP contribution in [0.5, 0.6) is 0 Å². The molecule has 1 aromatic rings. The molecule has 1 aromatic carbocycles. The van der Waals surface area contributed by atoms with Gasteiger partial charge >= 0.3 is 0 Å². The number of benzene rings is 1. The number of hydrogen-bond donors (Lipinski definition) is 1. The number of nitrogens with one attached hydrogen (secondary N) is 1. The van der Waals surface area contributed by atoms with Gasteiger partial charge in [-0.1, -0.05) is 17.7 Å². The lowest BCUT2D eigenvalue weighted by Crippen LogP contribution is -2.52. The van der Waals surface area contributed by atoms with Crippen molar-refractivity contribution in [3.8, 4) is 0 Å². The van der Waals surface area contributed by atoms with Gasteiger partial charge in [0.1, 0.15) is 0 Å². The van der Waals surface area contributed by atoms with E-state index in [1.165, 1.54) is 0 Å². The molecule has 2 rings (SSSR count). The number of hydrogen-bond acceptors (Lipinski definition) is 4. The third-order valence-electron chi connectivity index (χ3n) is 3.44. The van der Waals surface area contributed by atoms with Gasteiger partial charge in [0.2, 0.25) is 0 Å². The first kappa shape index (κ1) is 13.5. The maximum atomic E-state index is 12.3. The Morgan fingerprint density at radius 1 is 1.33 bits per heavy atom. The second-order valence-corrected chi connectivity index (χ2v) is 6.97. The van der Waals surface area contributed by atoms with Crippen LogP contribution in [0.15, 0.2) is 29.2 Å². The maximum absolute atomic E-state index is 12.3. The van der Waals surface area contributed by atoms with Gasteiger partial charge in [-0.15, -0.1) is 0 Å². The average molecular weight is 268 g/mol. The Morgan fingerprint density at radius 2 is 2.00 bits per heavy atom. The van der Waals surface area contributed by atoms with E-state index < -0.39 is 9.84 Å². The van der Waals surface area contributed by atoms with Crippen LogP contribution in [0.2, 0.25) is 0 Å². The van der Waals surface area contributed by atoms with Crippen LogP contribution in [-0.4, -0.2) is 51.8 Å². The Kier molecular flexibility index (Phi) is 4.04. The van der Waals surface area contributed by atoms with Crippen LogP contribution in [0.4, 0.5) is 0 Å². The average Bonchev–Trinajstić information content (AvgIpc) is 2.32. The molecule has 0 radical (unpaired) electrons. The first-order valence-corrected chi connectivity index (χ1v) is 7.85.